The Bertz CT molecular complexity index is 668. The zero-order valence-electron chi connectivity index (χ0n) is 27.4. The molecule has 1 amide bonds. The first-order valence-electron chi connectivity index (χ1n) is 17.6. The fraction of sp³-hybridized carbons (Fsp3) is 0.912. The highest BCUT2D eigenvalue weighted by atomic mass is 31.2. The number of aliphatic hydroxyl groups excluding tert-OH is 1. The van der Waals surface area contributed by atoms with Crippen molar-refractivity contribution in [2.75, 3.05) is 6.61 Å². The number of carbonyl (C=O) groups is 1. The number of hydrogen-bond acceptors (Lipinski definition) is 5. The van der Waals surface area contributed by atoms with Gasteiger partial charge in [0.2, 0.25) is 5.91 Å². The van der Waals surface area contributed by atoms with Crippen LogP contribution >= 0.6 is 7.82 Å². The van der Waals surface area contributed by atoms with Gasteiger partial charge in [-0.3, -0.25) is 9.36 Å². The smallest absolute Gasteiger partial charge is 0.265 e. The second-order valence-electron chi connectivity index (χ2n) is 12.2. The zero-order chi connectivity index (χ0) is 31.2. The summed E-state index contributed by atoms with van der Waals surface area (Å²) in [6.45, 7) is 3.98. The highest BCUT2D eigenvalue weighted by Gasteiger charge is 2.21. The Morgan fingerprint density at radius 2 is 1.10 bits per heavy atom. The second kappa shape index (κ2) is 30.3. The number of nitrogens with one attached hydrogen (secondary N) is 1. The van der Waals surface area contributed by atoms with Gasteiger partial charge in [-0.15, -0.1) is 0 Å². The Kier molecular flexibility index (Phi) is 29.8. The topological polar surface area (TPSA) is 119 Å². The summed E-state index contributed by atoms with van der Waals surface area (Å²) in [7, 11) is -4.95. The molecule has 0 radical (unpaired) electrons. The monoisotopic (exact) mass is 616 g/mol. The van der Waals surface area contributed by atoms with Crippen LogP contribution in [-0.2, 0) is 13.9 Å². The van der Waals surface area contributed by atoms with Crippen molar-refractivity contribution in [3.05, 3.63) is 12.2 Å². The first-order chi connectivity index (χ1) is 20.3. The maximum absolute atomic E-state index is 12.5. The minimum absolute atomic E-state index is 0.247. The lowest BCUT2D eigenvalue weighted by Crippen LogP contribution is -2.45. The van der Waals surface area contributed by atoms with E-state index >= 15 is 0 Å². The molecule has 0 fully saturated rings. The van der Waals surface area contributed by atoms with E-state index in [4.69, 9.17) is 4.89 Å². The Morgan fingerprint density at radius 3 is 1.50 bits per heavy atom. The van der Waals surface area contributed by atoms with Crippen molar-refractivity contribution >= 4 is 13.7 Å². The van der Waals surface area contributed by atoms with E-state index in [-0.39, 0.29) is 5.91 Å². The molecule has 0 bridgehead atoms. The zero-order valence-corrected chi connectivity index (χ0v) is 28.3. The molecule has 7 nitrogen and oxygen atoms in total. The van der Waals surface area contributed by atoms with Crippen molar-refractivity contribution in [3.63, 3.8) is 0 Å². The molecule has 3 atom stereocenters. The second-order valence-corrected chi connectivity index (χ2v) is 13.4. The van der Waals surface area contributed by atoms with Crippen LogP contribution in [0.25, 0.3) is 0 Å². The molecule has 1 unspecified atom stereocenters. The van der Waals surface area contributed by atoms with E-state index in [0.29, 0.717) is 6.42 Å². The van der Waals surface area contributed by atoms with Gasteiger partial charge in [0.05, 0.1) is 18.8 Å². The summed E-state index contributed by atoms with van der Waals surface area (Å²) < 4.78 is 15.6. The SMILES string of the molecule is CCCCCCCCCCCCC/C=C/[C@@H](O)[C@H](COP(=O)([O-])O)NC(=O)CCCCCCCCCCCCCCC. The average molecular weight is 617 g/mol. The summed E-state index contributed by atoms with van der Waals surface area (Å²) in [5.41, 5.74) is 0. The lowest BCUT2D eigenvalue weighted by atomic mass is 10.0. The Hall–Kier alpha value is -0.720. The van der Waals surface area contributed by atoms with E-state index in [1.54, 1.807) is 6.08 Å². The van der Waals surface area contributed by atoms with Crippen molar-refractivity contribution in [1.29, 1.82) is 0 Å². The van der Waals surface area contributed by atoms with Gasteiger partial charge < -0.3 is 24.7 Å². The van der Waals surface area contributed by atoms with Gasteiger partial charge >= 0.3 is 0 Å². The normalized spacial score (nSPS) is 14.7. The van der Waals surface area contributed by atoms with Crippen LogP contribution in [0.15, 0.2) is 12.2 Å². The van der Waals surface area contributed by atoms with Crippen molar-refractivity contribution in [2.24, 2.45) is 0 Å². The Labute approximate surface area is 259 Å². The van der Waals surface area contributed by atoms with Gasteiger partial charge in [-0.2, -0.15) is 0 Å². The predicted molar refractivity (Wildman–Crippen MR) is 174 cm³/mol. The fourth-order valence-corrected chi connectivity index (χ4v) is 5.63. The third-order valence-corrected chi connectivity index (χ3v) is 8.47. The fourth-order valence-electron chi connectivity index (χ4n) is 5.28. The van der Waals surface area contributed by atoms with Crippen LogP contribution in [0.5, 0.6) is 0 Å². The molecule has 0 aliphatic carbocycles. The molecule has 0 rings (SSSR count). The summed E-state index contributed by atoms with van der Waals surface area (Å²) in [4.78, 5) is 32.5. The molecule has 3 N–H and O–H groups in total. The van der Waals surface area contributed by atoms with Crippen molar-refractivity contribution in [1.82, 2.24) is 5.32 Å². The van der Waals surface area contributed by atoms with E-state index in [9.17, 15) is 19.4 Å². The minimum atomic E-state index is -4.95. The molecule has 42 heavy (non-hydrogen) atoms. The molecule has 0 aliphatic heterocycles. The molecule has 0 heterocycles. The number of aliphatic hydroxyl groups is 1. The van der Waals surface area contributed by atoms with Crippen LogP contribution in [-0.4, -0.2) is 34.7 Å². The first-order valence-corrected chi connectivity index (χ1v) is 19.1. The molecule has 0 aliphatic rings. The summed E-state index contributed by atoms with van der Waals surface area (Å²) in [5.74, 6) is -0.247. The third-order valence-electron chi connectivity index (χ3n) is 7.99. The lowest BCUT2D eigenvalue weighted by molar-refractivity contribution is -0.220. The van der Waals surface area contributed by atoms with E-state index in [1.807, 2.05) is 6.08 Å². The summed E-state index contributed by atoms with van der Waals surface area (Å²) in [6, 6.07) is -0.942. The van der Waals surface area contributed by atoms with E-state index in [2.05, 4.69) is 23.7 Å². The highest BCUT2D eigenvalue weighted by Crippen LogP contribution is 2.30. The number of carbonyl (C=O) groups excluding carboxylic acids is 1. The van der Waals surface area contributed by atoms with Gasteiger partial charge in [0, 0.05) is 6.42 Å². The number of amides is 1. The number of unbranched alkanes of at least 4 members (excludes halogenated alkanes) is 23. The maximum atomic E-state index is 12.5. The van der Waals surface area contributed by atoms with Gasteiger partial charge in [0.1, 0.15) is 0 Å². The molecule has 250 valence electrons. The number of phosphoric acid groups is 1. The summed E-state index contributed by atoms with van der Waals surface area (Å²) >= 11 is 0. The van der Waals surface area contributed by atoms with Gasteiger partial charge in [0.25, 0.3) is 7.82 Å². The van der Waals surface area contributed by atoms with Gasteiger partial charge in [0.15, 0.2) is 0 Å². The maximum Gasteiger partial charge on any atom is 0.265 e. The minimum Gasteiger partial charge on any atom is -0.756 e. The molecule has 0 spiro atoms. The van der Waals surface area contributed by atoms with Gasteiger partial charge in [-0.25, -0.2) is 0 Å². The Morgan fingerprint density at radius 1 is 0.714 bits per heavy atom. The molecule has 0 saturated heterocycles. The number of allylic oxidation sites excluding steroid dienone is 1. The molecule has 8 heteroatoms. The van der Waals surface area contributed by atoms with E-state index < -0.39 is 26.6 Å². The van der Waals surface area contributed by atoms with Crippen molar-refractivity contribution in [3.8, 4) is 0 Å². The molecule has 0 aromatic carbocycles. The van der Waals surface area contributed by atoms with Crippen molar-refractivity contribution in [2.45, 2.75) is 193 Å². The summed E-state index contributed by atoms with van der Waals surface area (Å²) in [5, 5.41) is 13.3. The average Bonchev–Trinajstić information content (AvgIpc) is 2.95. The number of rotatable bonds is 32. The van der Waals surface area contributed by atoms with Gasteiger partial charge in [-0.1, -0.05) is 167 Å². The molecule has 0 saturated carbocycles. The van der Waals surface area contributed by atoms with E-state index in [0.717, 1.165) is 38.5 Å². The molecular weight excluding hydrogens is 549 g/mol. The van der Waals surface area contributed by atoms with Crippen LogP contribution in [0, 0.1) is 0 Å². The third kappa shape index (κ3) is 30.7. The predicted octanol–water partition coefficient (Wildman–Crippen LogP) is 9.05. The van der Waals surface area contributed by atoms with Crippen LogP contribution in [0.1, 0.15) is 181 Å². The summed E-state index contributed by atoms with van der Waals surface area (Å²) in [6.07, 6.45) is 33.4. The molecular formula is C34H67NO6P-. The molecule has 0 aromatic rings. The van der Waals surface area contributed by atoms with E-state index in [1.165, 1.54) is 122 Å². The van der Waals surface area contributed by atoms with Crippen LogP contribution in [0.3, 0.4) is 0 Å². The molecule has 0 aromatic heterocycles. The van der Waals surface area contributed by atoms with Crippen molar-refractivity contribution < 1.29 is 28.8 Å². The van der Waals surface area contributed by atoms with Crippen LogP contribution in [0.4, 0.5) is 0 Å². The number of hydrogen-bond donors (Lipinski definition) is 3. The lowest BCUT2D eigenvalue weighted by Gasteiger charge is -2.25. The quantitative estimate of drug-likeness (QED) is 0.0394. The largest absolute Gasteiger partial charge is 0.756 e. The number of phosphoric ester groups is 1. The Balaban J connectivity index is 4.07. The standard InChI is InChI=1S/C34H68NO6P/c1-3-5-7-9-11-13-15-17-19-21-23-25-27-29-33(36)32(31-41-42(38,39)40)35-34(37)30-28-26-24-22-20-18-16-14-12-10-8-6-4-2/h27,29,32-33,36H,3-26,28,30-31H2,1-2H3,(H,35,37)(H2,38,39,40)/p-1/b29-27+/t32-,33+/m0/s1. The first kappa shape index (κ1) is 41.3. The van der Waals surface area contributed by atoms with Crippen LogP contribution < -0.4 is 10.2 Å². The highest BCUT2D eigenvalue weighted by molar-refractivity contribution is 7.44. The van der Waals surface area contributed by atoms with Crippen LogP contribution in [0.2, 0.25) is 0 Å². The van der Waals surface area contributed by atoms with Gasteiger partial charge in [-0.05, 0) is 19.3 Å².